The van der Waals surface area contributed by atoms with Crippen LogP contribution in [0.1, 0.15) is 27.0 Å². The molecule has 0 radical (unpaired) electrons. The molecule has 3 heterocycles. The topological polar surface area (TPSA) is 23.6 Å². The highest BCUT2D eigenvalue weighted by Crippen LogP contribution is 2.37. The van der Waals surface area contributed by atoms with Gasteiger partial charge in [0.2, 0.25) is 0 Å². The van der Waals surface area contributed by atoms with Gasteiger partial charge in [0.25, 0.3) is 0 Å². The molecule has 4 heteroatoms. The van der Waals surface area contributed by atoms with Crippen molar-refractivity contribution in [2.75, 3.05) is 22.9 Å². The Bertz CT molecular complexity index is 1410. The van der Waals surface area contributed by atoms with Crippen molar-refractivity contribution in [1.29, 1.82) is 0 Å². The minimum absolute atomic E-state index is 0.170. The normalized spacial score (nSPS) is 17.1. The van der Waals surface area contributed by atoms with E-state index < -0.39 is 8.07 Å². The Morgan fingerprint density at radius 1 is 0.629 bits per heavy atom. The molecule has 0 aliphatic carbocycles. The van der Waals surface area contributed by atoms with Crippen LogP contribution in [0.4, 0.5) is 22.7 Å². The molecule has 0 fully saturated rings. The molecule has 4 aromatic carbocycles. The van der Waals surface area contributed by atoms with Crippen molar-refractivity contribution in [2.45, 2.75) is 25.9 Å². The lowest BCUT2D eigenvalue weighted by molar-refractivity contribution is 0.104. The lowest BCUT2D eigenvalue weighted by Gasteiger charge is -2.35. The van der Waals surface area contributed by atoms with Crippen LogP contribution >= 0.6 is 0 Å². The minimum Gasteiger partial charge on any atom is -0.341 e. The van der Waals surface area contributed by atoms with Gasteiger partial charge >= 0.3 is 0 Å². The first-order chi connectivity index (χ1) is 17.0. The van der Waals surface area contributed by atoms with Gasteiger partial charge in [0.1, 0.15) is 8.07 Å². The molecule has 3 aliphatic heterocycles. The fourth-order valence-corrected chi connectivity index (χ4v) is 9.38. The SMILES string of the molecule is C[Si]1(C)c2cc(N3CCc4ccccc43)ccc2C(=O)c2ccc(N3CCc4ccccc43)cc21. The number of hydrogen-bond acceptors (Lipinski definition) is 3. The molecule has 0 saturated heterocycles. The number of nitrogens with zero attached hydrogens (tertiary/aromatic N) is 2. The average Bonchev–Trinajstić information content (AvgIpc) is 3.52. The largest absolute Gasteiger partial charge is 0.341 e. The van der Waals surface area contributed by atoms with Gasteiger partial charge in [-0.1, -0.05) is 49.5 Å². The Hall–Kier alpha value is -3.63. The molecule has 0 spiro atoms. The summed E-state index contributed by atoms with van der Waals surface area (Å²) in [5.41, 5.74) is 9.59. The Labute approximate surface area is 207 Å². The first-order valence-corrected chi connectivity index (χ1v) is 15.6. The van der Waals surface area contributed by atoms with Crippen molar-refractivity contribution < 1.29 is 4.79 Å². The van der Waals surface area contributed by atoms with Crippen LogP contribution in [-0.4, -0.2) is 26.9 Å². The minimum atomic E-state index is -2.10. The van der Waals surface area contributed by atoms with E-state index in [-0.39, 0.29) is 5.78 Å². The highest BCUT2D eigenvalue weighted by molar-refractivity contribution is 7.02. The monoisotopic (exact) mass is 472 g/mol. The molecule has 172 valence electrons. The van der Waals surface area contributed by atoms with E-state index in [0.717, 1.165) is 37.1 Å². The van der Waals surface area contributed by atoms with Crippen molar-refractivity contribution >= 4 is 47.0 Å². The van der Waals surface area contributed by atoms with Gasteiger partial charge in [-0.15, -0.1) is 0 Å². The van der Waals surface area contributed by atoms with Crippen LogP contribution in [0.3, 0.4) is 0 Å². The average molecular weight is 473 g/mol. The first-order valence-electron chi connectivity index (χ1n) is 12.6. The zero-order valence-corrected chi connectivity index (χ0v) is 21.2. The third-order valence-corrected chi connectivity index (χ3v) is 11.8. The fourth-order valence-electron chi connectivity index (χ4n) is 6.33. The van der Waals surface area contributed by atoms with Crippen LogP contribution in [0.5, 0.6) is 0 Å². The Morgan fingerprint density at radius 3 is 1.57 bits per heavy atom. The van der Waals surface area contributed by atoms with E-state index in [4.69, 9.17) is 0 Å². The molecule has 0 N–H and O–H groups in total. The molecule has 0 amide bonds. The van der Waals surface area contributed by atoms with Crippen LogP contribution in [0.2, 0.25) is 13.1 Å². The number of para-hydroxylation sites is 2. The molecule has 4 aromatic rings. The summed E-state index contributed by atoms with van der Waals surface area (Å²) in [6.07, 6.45) is 2.13. The molecule has 3 aliphatic rings. The maximum absolute atomic E-state index is 13.7. The van der Waals surface area contributed by atoms with Crippen LogP contribution in [0.25, 0.3) is 0 Å². The zero-order valence-electron chi connectivity index (χ0n) is 20.2. The van der Waals surface area contributed by atoms with E-state index in [0.29, 0.717) is 0 Å². The van der Waals surface area contributed by atoms with E-state index >= 15 is 0 Å². The summed E-state index contributed by atoms with van der Waals surface area (Å²) in [7, 11) is -2.10. The van der Waals surface area contributed by atoms with E-state index in [1.54, 1.807) is 0 Å². The second-order valence-corrected chi connectivity index (χ2v) is 14.8. The molecule has 7 rings (SSSR count). The van der Waals surface area contributed by atoms with Crippen LogP contribution in [-0.2, 0) is 12.8 Å². The third-order valence-electron chi connectivity index (χ3n) is 8.24. The molecule has 35 heavy (non-hydrogen) atoms. The van der Waals surface area contributed by atoms with Gasteiger partial charge in [0.15, 0.2) is 5.78 Å². The smallest absolute Gasteiger partial charge is 0.192 e. The molecule has 3 nitrogen and oxygen atoms in total. The van der Waals surface area contributed by atoms with Crippen molar-refractivity contribution in [2.24, 2.45) is 0 Å². The van der Waals surface area contributed by atoms with Crippen molar-refractivity contribution in [1.82, 2.24) is 0 Å². The molecular formula is C31H28N2OSi. The summed E-state index contributed by atoms with van der Waals surface area (Å²) < 4.78 is 0. The third kappa shape index (κ3) is 2.99. The van der Waals surface area contributed by atoms with E-state index in [1.165, 1.54) is 44.2 Å². The maximum Gasteiger partial charge on any atom is 0.192 e. The molecule has 0 bridgehead atoms. The molecular weight excluding hydrogens is 444 g/mol. The summed E-state index contributed by atoms with van der Waals surface area (Å²) in [5.74, 6) is 0.170. The molecule has 0 aromatic heterocycles. The number of anilines is 4. The summed E-state index contributed by atoms with van der Waals surface area (Å²) in [4.78, 5) is 18.5. The van der Waals surface area contributed by atoms with Crippen molar-refractivity contribution in [3.8, 4) is 0 Å². The Morgan fingerprint density at radius 2 is 1.09 bits per heavy atom. The predicted molar refractivity (Wildman–Crippen MR) is 147 cm³/mol. The predicted octanol–water partition coefficient (Wildman–Crippen LogP) is 5.44. The Kier molecular flexibility index (Phi) is 4.40. The number of fused-ring (bicyclic) bond motifs is 4. The van der Waals surface area contributed by atoms with Crippen LogP contribution in [0.15, 0.2) is 84.9 Å². The van der Waals surface area contributed by atoms with Gasteiger partial charge < -0.3 is 9.80 Å². The van der Waals surface area contributed by atoms with Gasteiger partial charge in [0, 0.05) is 47.0 Å². The summed E-state index contributed by atoms with van der Waals surface area (Å²) in [6, 6.07) is 30.4. The quantitative estimate of drug-likeness (QED) is 0.363. The van der Waals surface area contributed by atoms with Gasteiger partial charge in [-0.05, 0) is 82.9 Å². The van der Waals surface area contributed by atoms with Gasteiger partial charge in [-0.3, -0.25) is 4.79 Å². The number of carbonyl (C=O) groups excluding carboxylic acids is 1. The van der Waals surface area contributed by atoms with Gasteiger partial charge in [-0.2, -0.15) is 0 Å². The molecule has 0 atom stereocenters. The summed E-state index contributed by atoms with van der Waals surface area (Å²) >= 11 is 0. The number of ketones is 1. The maximum atomic E-state index is 13.7. The first kappa shape index (κ1) is 20.7. The Balaban J connectivity index is 1.32. The van der Waals surface area contributed by atoms with Crippen LogP contribution < -0.4 is 20.2 Å². The van der Waals surface area contributed by atoms with E-state index in [9.17, 15) is 4.79 Å². The van der Waals surface area contributed by atoms with Gasteiger partial charge in [0.05, 0.1) is 0 Å². The number of benzene rings is 4. The van der Waals surface area contributed by atoms with Crippen LogP contribution in [0, 0.1) is 0 Å². The standard InChI is InChI=1S/C31H28N2OSi/c1-35(2)29-19-23(32-17-15-21-7-3-5-9-27(21)32)11-13-25(29)31(34)26-14-12-24(20-30(26)35)33-18-16-22-8-4-6-10-28(22)33/h3-14,19-20H,15-18H2,1-2H3. The van der Waals surface area contributed by atoms with E-state index in [2.05, 4.69) is 108 Å². The van der Waals surface area contributed by atoms with E-state index in [1.807, 2.05) is 0 Å². The lowest BCUT2D eigenvalue weighted by atomic mass is 10.0. The molecule has 0 saturated carbocycles. The van der Waals surface area contributed by atoms with Gasteiger partial charge in [-0.25, -0.2) is 0 Å². The number of hydrogen-bond donors (Lipinski definition) is 0. The number of carbonyl (C=O) groups is 1. The summed E-state index contributed by atoms with van der Waals surface area (Å²) in [5, 5.41) is 2.52. The zero-order chi connectivity index (χ0) is 23.7. The van der Waals surface area contributed by atoms with Crippen molar-refractivity contribution in [3.63, 3.8) is 0 Å². The summed E-state index contributed by atoms with van der Waals surface area (Å²) in [6.45, 7) is 6.79. The second kappa shape index (κ2) is 7.43. The molecule has 0 unspecified atom stereocenters. The lowest BCUT2D eigenvalue weighted by Crippen LogP contribution is -2.60. The highest BCUT2D eigenvalue weighted by atomic mass is 28.3. The van der Waals surface area contributed by atoms with Crippen molar-refractivity contribution in [3.05, 3.63) is 107 Å². The second-order valence-electron chi connectivity index (χ2n) is 10.5. The number of rotatable bonds is 2. The highest BCUT2D eigenvalue weighted by Gasteiger charge is 2.39. The fraction of sp³-hybridized carbons (Fsp3) is 0.194.